The Morgan fingerprint density at radius 1 is 0.967 bits per heavy atom. The molecule has 0 radical (unpaired) electrons. The van der Waals surface area contributed by atoms with Crippen LogP contribution in [0.1, 0.15) is 50.5 Å². The molecule has 2 aliphatic rings. The minimum atomic E-state index is -3.65. The molecule has 0 aromatic heterocycles. The van der Waals surface area contributed by atoms with E-state index in [-0.39, 0.29) is 10.8 Å². The van der Waals surface area contributed by atoms with Crippen molar-refractivity contribution in [3.8, 4) is 0 Å². The number of rotatable bonds is 7. The van der Waals surface area contributed by atoms with Crippen LogP contribution >= 0.6 is 15.9 Å². The molecular formula is C23H27BrN2O3S. The van der Waals surface area contributed by atoms with Crippen LogP contribution in [0.25, 0.3) is 0 Å². The third kappa shape index (κ3) is 4.72. The van der Waals surface area contributed by atoms with Crippen LogP contribution in [0.5, 0.6) is 0 Å². The highest BCUT2D eigenvalue weighted by atomic mass is 79.9. The van der Waals surface area contributed by atoms with Gasteiger partial charge in [-0.05, 0) is 73.6 Å². The van der Waals surface area contributed by atoms with Crippen molar-refractivity contribution in [3.63, 3.8) is 0 Å². The van der Waals surface area contributed by atoms with Gasteiger partial charge in [-0.3, -0.25) is 9.52 Å². The molecule has 2 aromatic carbocycles. The van der Waals surface area contributed by atoms with E-state index in [9.17, 15) is 13.2 Å². The van der Waals surface area contributed by atoms with Gasteiger partial charge in [0.1, 0.15) is 0 Å². The maximum Gasteiger partial charge on any atom is 0.261 e. The number of halogens is 1. The maximum absolute atomic E-state index is 12.9. The summed E-state index contributed by atoms with van der Waals surface area (Å²) in [6, 6.07) is 13.7. The fraction of sp³-hybridized carbons (Fsp3) is 0.435. The highest BCUT2D eigenvalue weighted by Gasteiger charge is 2.51. The molecule has 2 aliphatic carbocycles. The Hall–Kier alpha value is -1.86. The third-order valence-corrected chi connectivity index (χ3v) is 8.20. The Labute approximate surface area is 186 Å². The minimum absolute atomic E-state index is 0.108. The van der Waals surface area contributed by atoms with Gasteiger partial charge in [0.15, 0.2) is 0 Å². The Morgan fingerprint density at radius 3 is 2.20 bits per heavy atom. The second-order valence-electron chi connectivity index (χ2n) is 8.43. The highest BCUT2D eigenvalue weighted by molar-refractivity contribution is 9.10. The van der Waals surface area contributed by atoms with Crippen LogP contribution in [-0.2, 0) is 20.2 Å². The van der Waals surface area contributed by atoms with Gasteiger partial charge in [0, 0.05) is 16.7 Å². The monoisotopic (exact) mass is 490 g/mol. The van der Waals surface area contributed by atoms with E-state index >= 15 is 0 Å². The van der Waals surface area contributed by atoms with Gasteiger partial charge in [0.2, 0.25) is 5.91 Å². The first-order valence-electron chi connectivity index (χ1n) is 10.6. The van der Waals surface area contributed by atoms with Gasteiger partial charge in [-0.1, -0.05) is 47.3 Å². The van der Waals surface area contributed by atoms with E-state index in [1.807, 2.05) is 12.1 Å². The molecule has 0 aliphatic heterocycles. The molecule has 0 heterocycles. The molecule has 0 saturated heterocycles. The van der Waals surface area contributed by atoms with Gasteiger partial charge in [-0.2, -0.15) is 0 Å². The van der Waals surface area contributed by atoms with Gasteiger partial charge < -0.3 is 5.32 Å². The average molecular weight is 491 g/mol. The topological polar surface area (TPSA) is 75.3 Å². The number of anilines is 1. The van der Waals surface area contributed by atoms with E-state index in [4.69, 9.17) is 0 Å². The van der Waals surface area contributed by atoms with Crippen LogP contribution in [0.3, 0.4) is 0 Å². The highest BCUT2D eigenvalue weighted by Crippen LogP contribution is 2.48. The molecule has 2 N–H and O–H groups in total. The first-order valence-corrected chi connectivity index (χ1v) is 12.8. The van der Waals surface area contributed by atoms with Crippen molar-refractivity contribution in [3.05, 3.63) is 58.6 Å². The lowest BCUT2D eigenvalue weighted by Gasteiger charge is -2.23. The SMILES string of the molecule is O=C(NCC1CCCCC1)C1(c2ccc(NS(=O)(=O)c3ccc(Br)cc3)cc2)CC1. The molecule has 160 valence electrons. The van der Waals surface area contributed by atoms with E-state index in [1.54, 1.807) is 36.4 Å². The van der Waals surface area contributed by atoms with E-state index in [1.165, 1.54) is 32.1 Å². The average Bonchev–Trinajstić information content (AvgIpc) is 3.55. The number of hydrogen-bond donors (Lipinski definition) is 2. The van der Waals surface area contributed by atoms with Gasteiger partial charge in [0.25, 0.3) is 10.0 Å². The zero-order valence-corrected chi connectivity index (χ0v) is 19.3. The predicted molar refractivity (Wildman–Crippen MR) is 122 cm³/mol. The van der Waals surface area contributed by atoms with Crippen molar-refractivity contribution in [2.45, 2.75) is 55.3 Å². The molecule has 30 heavy (non-hydrogen) atoms. The van der Waals surface area contributed by atoms with E-state index in [0.29, 0.717) is 11.6 Å². The minimum Gasteiger partial charge on any atom is -0.355 e. The molecule has 5 nitrogen and oxygen atoms in total. The van der Waals surface area contributed by atoms with E-state index in [2.05, 4.69) is 26.0 Å². The first kappa shape index (κ1) is 21.4. The smallest absolute Gasteiger partial charge is 0.261 e. The molecular weight excluding hydrogens is 464 g/mol. The zero-order chi connectivity index (χ0) is 21.2. The summed E-state index contributed by atoms with van der Waals surface area (Å²) in [4.78, 5) is 13.1. The summed E-state index contributed by atoms with van der Waals surface area (Å²) in [7, 11) is -3.65. The molecule has 2 aromatic rings. The van der Waals surface area contributed by atoms with Gasteiger partial charge in [-0.15, -0.1) is 0 Å². The summed E-state index contributed by atoms with van der Waals surface area (Å²) in [5.41, 5.74) is 0.993. The van der Waals surface area contributed by atoms with E-state index < -0.39 is 15.4 Å². The van der Waals surface area contributed by atoms with Crippen molar-refractivity contribution < 1.29 is 13.2 Å². The summed E-state index contributed by atoms with van der Waals surface area (Å²) in [6.45, 7) is 0.770. The molecule has 7 heteroatoms. The van der Waals surface area contributed by atoms with Gasteiger partial charge >= 0.3 is 0 Å². The van der Waals surface area contributed by atoms with Gasteiger partial charge in [-0.25, -0.2) is 8.42 Å². The third-order valence-electron chi connectivity index (χ3n) is 6.27. The largest absolute Gasteiger partial charge is 0.355 e. The van der Waals surface area contributed by atoms with Crippen LogP contribution < -0.4 is 10.0 Å². The Balaban J connectivity index is 1.40. The zero-order valence-electron chi connectivity index (χ0n) is 16.9. The summed E-state index contributed by atoms with van der Waals surface area (Å²) >= 11 is 3.31. The first-order chi connectivity index (χ1) is 14.4. The molecule has 0 spiro atoms. The van der Waals surface area contributed by atoms with Crippen LogP contribution in [0, 0.1) is 5.92 Å². The molecule has 4 rings (SSSR count). The maximum atomic E-state index is 12.9. The number of carbonyl (C=O) groups is 1. The lowest BCUT2D eigenvalue weighted by atomic mass is 9.88. The number of hydrogen-bond acceptors (Lipinski definition) is 3. The lowest BCUT2D eigenvalue weighted by Crippen LogP contribution is -2.38. The molecule has 0 unspecified atom stereocenters. The predicted octanol–water partition coefficient (Wildman–Crippen LogP) is 4.98. The van der Waals surface area contributed by atoms with Crippen LogP contribution in [0.15, 0.2) is 57.9 Å². The number of carbonyl (C=O) groups excluding carboxylic acids is 1. The Bertz CT molecular complexity index is 994. The van der Waals surface area contributed by atoms with Gasteiger partial charge in [0.05, 0.1) is 10.3 Å². The van der Waals surface area contributed by atoms with Crippen molar-refractivity contribution in [2.75, 3.05) is 11.3 Å². The van der Waals surface area contributed by atoms with Crippen LogP contribution in [-0.4, -0.2) is 20.9 Å². The number of benzene rings is 2. The Kier molecular flexibility index (Phi) is 6.21. The lowest BCUT2D eigenvalue weighted by molar-refractivity contribution is -0.123. The molecule has 0 bridgehead atoms. The molecule has 2 fully saturated rings. The second-order valence-corrected chi connectivity index (χ2v) is 11.0. The number of sulfonamides is 1. The quantitative estimate of drug-likeness (QED) is 0.574. The summed E-state index contributed by atoms with van der Waals surface area (Å²) in [5.74, 6) is 0.713. The summed E-state index contributed by atoms with van der Waals surface area (Å²) in [5, 5.41) is 3.18. The molecule has 0 atom stereocenters. The van der Waals surface area contributed by atoms with Crippen LogP contribution in [0.2, 0.25) is 0 Å². The Morgan fingerprint density at radius 2 is 1.60 bits per heavy atom. The summed E-state index contributed by atoms with van der Waals surface area (Å²) < 4.78 is 28.5. The van der Waals surface area contributed by atoms with Crippen LogP contribution in [0.4, 0.5) is 5.69 Å². The molecule has 1 amide bonds. The fourth-order valence-electron chi connectivity index (χ4n) is 4.25. The van der Waals surface area contributed by atoms with Crippen molar-refractivity contribution in [2.24, 2.45) is 5.92 Å². The van der Waals surface area contributed by atoms with E-state index in [0.717, 1.165) is 29.4 Å². The normalized spacial score (nSPS) is 18.6. The summed E-state index contributed by atoms with van der Waals surface area (Å²) in [6.07, 6.45) is 7.95. The van der Waals surface area contributed by atoms with Crippen molar-refractivity contribution >= 4 is 37.5 Å². The number of amides is 1. The molecule has 2 saturated carbocycles. The van der Waals surface area contributed by atoms with Crippen molar-refractivity contribution in [1.82, 2.24) is 5.32 Å². The number of nitrogens with one attached hydrogen (secondary N) is 2. The standard InChI is InChI=1S/C23H27BrN2O3S/c24-19-8-12-21(13-9-19)30(28,29)26-20-10-6-18(7-11-20)23(14-15-23)22(27)25-16-17-4-2-1-3-5-17/h6-13,17,26H,1-5,14-16H2,(H,25,27). The fourth-order valence-corrected chi connectivity index (χ4v) is 5.58. The second kappa shape index (κ2) is 8.71. The van der Waals surface area contributed by atoms with Crippen molar-refractivity contribution in [1.29, 1.82) is 0 Å².